The van der Waals surface area contributed by atoms with E-state index in [0.717, 1.165) is 24.2 Å². The summed E-state index contributed by atoms with van der Waals surface area (Å²) in [6.45, 7) is 8.93. The van der Waals surface area contributed by atoms with Gasteiger partial charge in [0.1, 0.15) is 32.8 Å². The Bertz CT molecular complexity index is 221. The van der Waals surface area contributed by atoms with Crippen LogP contribution in [0.1, 0.15) is 0 Å². The fourth-order valence-corrected chi connectivity index (χ4v) is 2.03. The Morgan fingerprint density at radius 1 is 1.35 bits per heavy atom. The SMILES string of the molecule is C=CCOCC[N+]1(CCOP(O)O)CCOC1. The third-order valence-electron chi connectivity index (χ3n) is 2.79. The molecule has 7 heteroatoms. The highest BCUT2D eigenvalue weighted by molar-refractivity contribution is 7.39. The van der Waals surface area contributed by atoms with E-state index in [1.807, 2.05) is 0 Å². The van der Waals surface area contributed by atoms with Crippen molar-refractivity contribution in [3.8, 4) is 0 Å². The molecule has 6 nitrogen and oxygen atoms in total. The lowest BCUT2D eigenvalue weighted by molar-refractivity contribution is -0.925. The van der Waals surface area contributed by atoms with Gasteiger partial charge in [-0.1, -0.05) is 6.08 Å². The number of rotatable bonds is 9. The average Bonchev–Trinajstić information content (AvgIpc) is 2.73. The van der Waals surface area contributed by atoms with Crippen molar-refractivity contribution in [1.82, 2.24) is 0 Å². The van der Waals surface area contributed by atoms with Gasteiger partial charge in [-0.2, -0.15) is 0 Å². The summed E-state index contributed by atoms with van der Waals surface area (Å²) < 4.78 is 16.3. The molecule has 1 saturated heterocycles. The Morgan fingerprint density at radius 3 is 2.71 bits per heavy atom. The first-order valence-electron chi connectivity index (χ1n) is 5.61. The van der Waals surface area contributed by atoms with Crippen LogP contribution in [0.2, 0.25) is 0 Å². The molecule has 1 heterocycles. The molecule has 100 valence electrons. The lowest BCUT2D eigenvalue weighted by Gasteiger charge is -2.32. The Balaban J connectivity index is 2.26. The molecule has 1 aliphatic rings. The Hall–Kier alpha value is -0.0700. The lowest BCUT2D eigenvalue weighted by Crippen LogP contribution is -2.50. The fourth-order valence-electron chi connectivity index (χ4n) is 1.79. The zero-order chi connectivity index (χ0) is 12.6. The molecule has 1 fully saturated rings. The molecule has 1 atom stereocenters. The van der Waals surface area contributed by atoms with E-state index in [4.69, 9.17) is 23.8 Å². The smallest absolute Gasteiger partial charge is 0.327 e. The number of quaternary nitrogens is 1. The van der Waals surface area contributed by atoms with Gasteiger partial charge in [0, 0.05) is 0 Å². The van der Waals surface area contributed by atoms with Crippen LogP contribution in [0.25, 0.3) is 0 Å². The van der Waals surface area contributed by atoms with Gasteiger partial charge in [0.25, 0.3) is 0 Å². The zero-order valence-electron chi connectivity index (χ0n) is 9.95. The Labute approximate surface area is 103 Å². The second kappa shape index (κ2) is 8.11. The molecule has 0 aromatic carbocycles. The molecule has 1 aliphatic heterocycles. The summed E-state index contributed by atoms with van der Waals surface area (Å²) in [4.78, 5) is 17.4. The van der Waals surface area contributed by atoms with Gasteiger partial charge in [-0.3, -0.25) is 4.48 Å². The van der Waals surface area contributed by atoms with Crippen molar-refractivity contribution in [2.45, 2.75) is 0 Å². The number of nitrogens with zero attached hydrogens (tertiary/aromatic N) is 1. The standard InChI is InChI=1S/C10H21NO5P/c1-2-6-14-7-3-11(4-8-15-10-11)5-9-16-17(12)13/h2,12-13H,1,3-10H2/q+1. The molecule has 0 spiro atoms. The predicted octanol–water partition coefficient (Wildman–Crippen LogP) is 0.222. The Kier molecular flexibility index (Phi) is 7.15. The van der Waals surface area contributed by atoms with E-state index in [2.05, 4.69) is 6.58 Å². The molecule has 0 aliphatic carbocycles. The predicted molar refractivity (Wildman–Crippen MR) is 64.0 cm³/mol. The molecule has 1 rings (SSSR count). The number of hydrogen-bond acceptors (Lipinski definition) is 5. The van der Waals surface area contributed by atoms with Crippen molar-refractivity contribution < 1.29 is 28.3 Å². The minimum atomic E-state index is -2.26. The van der Waals surface area contributed by atoms with Crippen LogP contribution in [-0.2, 0) is 14.0 Å². The van der Waals surface area contributed by atoms with Gasteiger partial charge in [-0.15, -0.1) is 6.58 Å². The largest absolute Gasteiger partial charge is 0.372 e. The molecule has 0 bridgehead atoms. The fraction of sp³-hybridized carbons (Fsp3) is 0.800. The summed E-state index contributed by atoms with van der Waals surface area (Å²) >= 11 is 0. The normalized spacial score (nSPS) is 24.4. The molecule has 0 radical (unpaired) electrons. The first-order valence-corrected chi connectivity index (χ1v) is 6.77. The van der Waals surface area contributed by atoms with Gasteiger partial charge >= 0.3 is 8.60 Å². The van der Waals surface area contributed by atoms with Crippen molar-refractivity contribution >= 4 is 8.60 Å². The van der Waals surface area contributed by atoms with Crippen LogP contribution < -0.4 is 0 Å². The molecule has 1 unspecified atom stereocenters. The van der Waals surface area contributed by atoms with Crippen molar-refractivity contribution in [2.75, 3.05) is 52.8 Å². The molecule has 17 heavy (non-hydrogen) atoms. The van der Waals surface area contributed by atoms with Gasteiger partial charge < -0.3 is 23.8 Å². The van der Waals surface area contributed by atoms with Crippen LogP contribution in [0.5, 0.6) is 0 Å². The van der Waals surface area contributed by atoms with Crippen LogP contribution in [-0.4, -0.2) is 67.1 Å². The summed E-state index contributed by atoms with van der Waals surface area (Å²) in [6.07, 6.45) is 1.72. The van der Waals surface area contributed by atoms with Crippen LogP contribution in [0, 0.1) is 0 Å². The van der Waals surface area contributed by atoms with Gasteiger partial charge in [-0.25, -0.2) is 0 Å². The molecule has 0 amide bonds. The maximum absolute atomic E-state index is 8.68. The van der Waals surface area contributed by atoms with E-state index in [0.29, 0.717) is 33.1 Å². The summed E-state index contributed by atoms with van der Waals surface area (Å²) in [6, 6.07) is 0. The second-order valence-corrected chi connectivity index (χ2v) is 4.76. The van der Waals surface area contributed by atoms with E-state index in [-0.39, 0.29) is 0 Å². The molecule has 2 N–H and O–H groups in total. The minimum absolute atomic E-state index is 0.323. The lowest BCUT2D eigenvalue weighted by atomic mass is 10.4. The van der Waals surface area contributed by atoms with Crippen LogP contribution in [0.4, 0.5) is 0 Å². The molecule has 0 aromatic rings. The molecular weight excluding hydrogens is 245 g/mol. The van der Waals surface area contributed by atoms with Crippen LogP contribution in [0.15, 0.2) is 12.7 Å². The third kappa shape index (κ3) is 5.88. The highest BCUT2D eigenvalue weighted by Crippen LogP contribution is 2.24. The van der Waals surface area contributed by atoms with Crippen molar-refractivity contribution in [3.63, 3.8) is 0 Å². The number of hydrogen-bond donors (Lipinski definition) is 2. The highest BCUT2D eigenvalue weighted by Gasteiger charge is 2.32. The van der Waals surface area contributed by atoms with Crippen molar-refractivity contribution in [2.24, 2.45) is 0 Å². The van der Waals surface area contributed by atoms with E-state index >= 15 is 0 Å². The molecular formula is C10H21NO5P+. The molecule has 0 aromatic heterocycles. The van der Waals surface area contributed by atoms with E-state index in [1.165, 1.54) is 0 Å². The quantitative estimate of drug-likeness (QED) is 0.270. The monoisotopic (exact) mass is 266 g/mol. The summed E-state index contributed by atoms with van der Waals surface area (Å²) in [5, 5.41) is 0. The first kappa shape index (κ1) is 15.0. The molecule has 0 saturated carbocycles. The summed E-state index contributed by atoms with van der Waals surface area (Å²) in [5.74, 6) is 0. The first-order chi connectivity index (χ1) is 8.18. The topological polar surface area (TPSA) is 68.2 Å². The summed E-state index contributed by atoms with van der Waals surface area (Å²) in [5.41, 5.74) is 0. The third-order valence-corrected chi connectivity index (χ3v) is 3.21. The van der Waals surface area contributed by atoms with Gasteiger partial charge in [0.15, 0.2) is 6.73 Å². The maximum atomic E-state index is 8.68. The minimum Gasteiger partial charge on any atom is -0.372 e. The Morgan fingerprint density at radius 2 is 2.12 bits per heavy atom. The maximum Gasteiger partial charge on any atom is 0.327 e. The van der Waals surface area contributed by atoms with Crippen molar-refractivity contribution in [3.05, 3.63) is 12.7 Å². The van der Waals surface area contributed by atoms with Gasteiger partial charge in [0.05, 0.1) is 13.2 Å². The van der Waals surface area contributed by atoms with Gasteiger partial charge in [-0.05, 0) is 0 Å². The number of ether oxygens (including phenoxy) is 2. The second-order valence-electron chi connectivity index (χ2n) is 4.00. The van der Waals surface area contributed by atoms with Gasteiger partial charge in [0.2, 0.25) is 0 Å². The highest BCUT2D eigenvalue weighted by atomic mass is 31.2. The van der Waals surface area contributed by atoms with E-state index in [1.54, 1.807) is 6.08 Å². The van der Waals surface area contributed by atoms with Crippen molar-refractivity contribution in [1.29, 1.82) is 0 Å². The van der Waals surface area contributed by atoms with Crippen LogP contribution in [0.3, 0.4) is 0 Å². The zero-order valence-corrected chi connectivity index (χ0v) is 10.8. The van der Waals surface area contributed by atoms with E-state index in [9.17, 15) is 0 Å². The average molecular weight is 266 g/mol. The van der Waals surface area contributed by atoms with Crippen LogP contribution >= 0.6 is 8.60 Å². The summed E-state index contributed by atoms with van der Waals surface area (Å²) in [7, 11) is -2.26. The van der Waals surface area contributed by atoms with E-state index < -0.39 is 8.60 Å².